The van der Waals surface area contributed by atoms with Crippen molar-refractivity contribution in [3.8, 4) is 0 Å². The van der Waals surface area contributed by atoms with E-state index >= 15 is 0 Å². The van der Waals surface area contributed by atoms with Crippen LogP contribution < -0.4 is 0 Å². The van der Waals surface area contributed by atoms with Gasteiger partial charge in [-0.1, -0.05) is 0 Å². The minimum atomic E-state index is 0.181. The molecule has 1 aromatic rings. The number of hydrogen-bond acceptors (Lipinski definition) is 3. The molecule has 1 aromatic heterocycles. The quantitative estimate of drug-likeness (QED) is 0.844. The van der Waals surface area contributed by atoms with E-state index in [1.807, 2.05) is 29.9 Å². The van der Waals surface area contributed by atoms with Crippen LogP contribution in [0.15, 0.2) is 18.3 Å². The number of ether oxygens (including phenoxy) is 1. The third kappa shape index (κ3) is 3.30. The van der Waals surface area contributed by atoms with Gasteiger partial charge < -0.3 is 14.2 Å². The highest BCUT2D eigenvalue weighted by atomic mass is 16.5. The number of rotatable bonds is 3. The van der Waals surface area contributed by atoms with Gasteiger partial charge in [0, 0.05) is 45.5 Å². The molecule has 0 spiro atoms. The summed E-state index contributed by atoms with van der Waals surface area (Å²) in [6.07, 6.45) is 5.41. The van der Waals surface area contributed by atoms with E-state index in [0.717, 1.165) is 57.9 Å². The fraction of sp³-hybridized carbons (Fsp3) is 0.688. The average molecular weight is 291 g/mol. The molecule has 3 rings (SSSR count). The predicted octanol–water partition coefficient (Wildman–Crippen LogP) is 1.35. The lowest BCUT2D eigenvalue weighted by molar-refractivity contribution is 0.0164. The molecule has 0 N–H and O–H groups in total. The summed E-state index contributed by atoms with van der Waals surface area (Å²) in [6, 6.07) is 4.20. The zero-order valence-electron chi connectivity index (χ0n) is 12.8. The summed E-state index contributed by atoms with van der Waals surface area (Å²) in [5.74, 6) is 0.181. The van der Waals surface area contributed by atoms with Gasteiger partial charge in [-0.2, -0.15) is 0 Å². The molecule has 2 aliphatic rings. The van der Waals surface area contributed by atoms with Crippen LogP contribution in [0.2, 0.25) is 0 Å². The van der Waals surface area contributed by atoms with Crippen LogP contribution in [0.3, 0.4) is 0 Å². The van der Waals surface area contributed by atoms with E-state index in [4.69, 9.17) is 4.74 Å². The fourth-order valence-corrected chi connectivity index (χ4v) is 3.37. The zero-order valence-corrected chi connectivity index (χ0v) is 12.8. The van der Waals surface area contributed by atoms with E-state index in [9.17, 15) is 4.79 Å². The molecule has 21 heavy (non-hydrogen) atoms. The van der Waals surface area contributed by atoms with Gasteiger partial charge in [-0.3, -0.25) is 9.69 Å². The summed E-state index contributed by atoms with van der Waals surface area (Å²) < 4.78 is 7.33. The Balaban J connectivity index is 1.69. The summed E-state index contributed by atoms with van der Waals surface area (Å²) in [5.41, 5.74) is 0.795. The van der Waals surface area contributed by atoms with Crippen LogP contribution in [0, 0.1) is 0 Å². The maximum atomic E-state index is 12.8. The second kappa shape index (κ2) is 6.62. The molecule has 0 bridgehead atoms. The van der Waals surface area contributed by atoms with Gasteiger partial charge in [0.25, 0.3) is 5.91 Å². The lowest BCUT2D eigenvalue weighted by Gasteiger charge is -2.39. The van der Waals surface area contributed by atoms with Crippen LogP contribution in [0.5, 0.6) is 0 Å². The molecule has 1 atom stereocenters. The van der Waals surface area contributed by atoms with Crippen molar-refractivity contribution in [2.75, 3.05) is 39.4 Å². The molecule has 5 heteroatoms. The fourth-order valence-electron chi connectivity index (χ4n) is 3.37. The molecule has 116 valence electrons. The molecule has 2 fully saturated rings. The van der Waals surface area contributed by atoms with Crippen molar-refractivity contribution in [1.82, 2.24) is 14.4 Å². The Kier molecular flexibility index (Phi) is 4.60. The first-order valence-corrected chi connectivity index (χ1v) is 7.98. The predicted molar refractivity (Wildman–Crippen MR) is 81.3 cm³/mol. The number of carbonyl (C=O) groups is 1. The van der Waals surface area contributed by atoms with E-state index in [1.54, 1.807) is 0 Å². The molecular weight excluding hydrogens is 266 g/mol. The maximum absolute atomic E-state index is 12.8. The Labute approximate surface area is 126 Å². The number of aromatic nitrogens is 1. The SMILES string of the molecule is Cn1cccc1C(=O)N1CCCC[C@@H]1CN1CCOCC1. The van der Waals surface area contributed by atoms with Crippen LogP contribution in [-0.4, -0.2) is 65.7 Å². The highest BCUT2D eigenvalue weighted by molar-refractivity contribution is 5.93. The molecule has 0 radical (unpaired) electrons. The van der Waals surface area contributed by atoms with Crippen LogP contribution in [0.4, 0.5) is 0 Å². The monoisotopic (exact) mass is 291 g/mol. The van der Waals surface area contributed by atoms with E-state index in [2.05, 4.69) is 9.80 Å². The van der Waals surface area contributed by atoms with E-state index < -0.39 is 0 Å². The first kappa shape index (κ1) is 14.6. The van der Waals surface area contributed by atoms with Gasteiger partial charge >= 0.3 is 0 Å². The summed E-state index contributed by atoms with van der Waals surface area (Å²) in [5, 5.41) is 0. The minimum absolute atomic E-state index is 0.181. The Morgan fingerprint density at radius 3 is 2.81 bits per heavy atom. The number of hydrogen-bond donors (Lipinski definition) is 0. The Morgan fingerprint density at radius 1 is 1.29 bits per heavy atom. The summed E-state index contributed by atoms with van der Waals surface area (Å²) in [7, 11) is 1.94. The Morgan fingerprint density at radius 2 is 2.10 bits per heavy atom. The number of piperidine rings is 1. The lowest BCUT2D eigenvalue weighted by atomic mass is 10.0. The number of nitrogens with zero attached hydrogens (tertiary/aromatic N) is 3. The molecule has 0 unspecified atom stereocenters. The largest absolute Gasteiger partial charge is 0.379 e. The molecule has 0 aliphatic carbocycles. The van der Waals surface area contributed by atoms with E-state index in [-0.39, 0.29) is 5.91 Å². The molecule has 0 saturated carbocycles. The second-order valence-corrected chi connectivity index (χ2v) is 6.07. The first-order valence-electron chi connectivity index (χ1n) is 7.98. The van der Waals surface area contributed by atoms with Crippen molar-refractivity contribution in [3.05, 3.63) is 24.0 Å². The molecular formula is C16H25N3O2. The number of aryl methyl sites for hydroxylation is 1. The van der Waals surface area contributed by atoms with Gasteiger partial charge in [0.1, 0.15) is 5.69 Å². The van der Waals surface area contributed by atoms with Gasteiger partial charge in [-0.25, -0.2) is 0 Å². The maximum Gasteiger partial charge on any atom is 0.270 e. The first-order chi connectivity index (χ1) is 10.3. The third-order valence-corrected chi connectivity index (χ3v) is 4.62. The smallest absolute Gasteiger partial charge is 0.270 e. The third-order valence-electron chi connectivity index (χ3n) is 4.62. The van der Waals surface area contributed by atoms with Gasteiger partial charge in [0.15, 0.2) is 0 Å². The number of morpholine rings is 1. The normalized spacial score (nSPS) is 24.2. The Bertz CT molecular complexity index is 480. The van der Waals surface area contributed by atoms with Gasteiger partial charge in [0.05, 0.1) is 13.2 Å². The molecule has 2 saturated heterocycles. The Hall–Kier alpha value is -1.33. The summed E-state index contributed by atoms with van der Waals surface area (Å²) in [4.78, 5) is 17.3. The highest BCUT2D eigenvalue weighted by Crippen LogP contribution is 2.21. The average Bonchev–Trinajstić information content (AvgIpc) is 2.94. The molecule has 3 heterocycles. The summed E-state index contributed by atoms with van der Waals surface area (Å²) in [6.45, 7) is 5.49. The van der Waals surface area contributed by atoms with Crippen molar-refractivity contribution in [3.63, 3.8) is 0 Å². The van der Waals surface area contributed by atoms with Crippen LogP contribution in [-0.2, 0) is 11.8 Å². The number of amides is 1. The molecule has 1 amide bonds. The van der Waals surface area contributed by atoms with Crippen molar-refractivity contribution >= 4 is 5.91 Å². The zero-order chi connectivity index (χ0) is 14.7. The summed E-state index contributed by atoms with van der Waals surface area (Å²) >= 11 is 0. The molecule has 2 aliphatic heterocycles. The lowest BCUT2D eigenvalue weighted by Crippen LogP contribution is -2.51. The van der Waals surface area contributed by atoms with Gasteiger partial charge in [-0.15, -0.1) is 0 Å². The van der Waals surface area contributed by atoms with E-state index in [1.165, 1.54) is 6.42 Å². The second-order valence-electron chi connectivity index (χ2n) is 6.07. The highest BCUT2D eigenvalue weighted by Gasteiger charge is 2.30. The molecule has 0 aromatic carbocycles. The van der Waals surface area contributed by atoms with Gasteiger partial charge in [0.2, 0.25) is 0 Å². The van der Waals surface area contributed by atoms with Crippen molar-refractivity contribution < 1.29 is 9.53 Å². The van der Waals surface area contributed by atoms with Gasteiger partial charge in [-0.05, 0) is 31.4 Å². The van der Waals surface area contributed by atoms with Crippen LogP contribution in [0.1, 0.15) is 29.8 Å². The molecule has 5 nitrogen and oxygen atoms in total. The minimum Gasteiger partial charge on any atom is -0.379 e. The van der Waals surface area contributed by atoms with Crippen molar-refractivity contribution in [2.45, 2.75) is 25.3 Å². The number of likely N-dealkylation sites (tertiary alicyclic amines) is 1. The van der Waals surface area contributed by atoms with Crippen LogP contribution in [0.25, 0.3) is 0 Å². The van der Waals surface area contributed by atoms with Crippen molar-refractivity contribution in [2.24, 2.45) is 7.05 Å². The standard InChI is InChI=1S/C16H25N3O2/c1-17-7-4-6-15(17)16(20)19-8-3-2-5-14(19)13-18-9-11-21-12-10-18/h4,6-7,14H,2-3,5,8-13H2,1H3/t14-/m1/s1. The topological polar surface area (TPSA) is 37.7 Å². The number of carbonyl (C=O) groups excluding carboxylic acids is 1. The van der Waals surface area contributed by atoms with E-state index in [0.29, 0.717) is 6.04 Å². The van der Waals surface area contributed by atoms with Crippen molar-refractivity contribution in [1.29, 1.82) is 0 Å². The van der Waals surface area contributed by atoms with Crippen LogP contribution >= 0.6 is 0 Å².